The molecule has 1 aromatic heterocycles. The number of hydrogen-bond donors (Lipinski definition) is 2. The van der Waals surface area contributed by atoms with Crippen LogP contribution in [0.2, 0.25) is 0 Å². The SMILES string of the molecule is N=C(N)n1nc(-c2ccccc2)cc1-c1ccccc1. The van der Waals surface area contributed by atoms with Gasteiger partial charge in [0.15, 0.2) is 0 Å². The zero-order chi connectivity index (χ0) is 13.9. The van der Waals surface area contributed by atoms with E-state index in [-0.39, 0.29) is 5.96 Å². The highest BCUT2D eigenvalue weighted by Gasteiger charge is 2.12. The molecule has 0 bridgehead atoms. The maximum atomic E-state index is 7.68. The fourth-order valence-electron chi connectivity index (χ4n) is 2.13. The van der Waals surface area contributed by atoms with Gasteiger partial charge in [-0.2, -0.15) is 5.10 Å². The molecule has 0 amide bonds. The molecule has 20 heavy (non-hydrogen) atoms. The van der Waals surface area contributed by atoms with Crippen LogP contribution in [0.3, 0.4) is 0 Å². The molecule has 0 saturated heterocycles. The molecular weight excluding hydrogens is 248 g/mol. The molecule has 0 aliphatic rings. The minimum atomic E-state index is -0.0916. The fraction of sp³-hybridized carbons (Fsp3) is 0. The third-order valence-corrected chi connectivity index (χ3v) is 3.08. The van der Waals surface area contributed by atoms with Crippen LogP contribution in [0, 0.1) is 5.41 Å². The van der Waals surface area contributed by atoms with Gasteiger partial charge in [-0.05, 0) is 6.07 Å². The number of nitrogens with two attached hydrogens (primary N) is 1. The molecule has 3 N–H and O–H groups in total. The highest BCUT2D eigenvalue weighted by Crippen LogP contribution is 2.25. The summed E-state index contributed by atoms with van der Waals surface area (Å²) in [5.41, 5.74) is 9.24. The van der Waals surface area contributed by atoms with E-state index in [0.29, 0.717) is 0 Å². The number of aromatic nitrogens is 2. The minimum Gasteiger partial charge on any atom is -0.368 e. The summed E-state index contributed by atoms with van der Waals surface area (Å²) in [6.45, 7) is 0. The van der Waals surface area contributed by atoms with Gasteiger partial charge >= 0.3 is 0 Å². The van der Waals surface area contributed by atoms with Gasteiger partial charge in [-0.3, -0.25) is 5.41 Å². The molecule has 0 saturated carbocycles. The van der Waals surface area contributed by atoms with Crippen molar-refractivity contribution in [1.82, 2.24) is 9.78 Å². The van der Waals surface area contributed by atoms with Crippen LogP contribution in [-0.4, -0.2) is 15.7 Å². The number of benzene rings is 2. The smallest absolute Gasteiger partial charge is 0.214 e. The van der Waals surface area contributed by atoms with Gasteiger partial charge < -0.3 is 5.73 Å². The van der Waals surface area contributed by atoms with Gasteiger partial charge in [-0.15, -0.1) is 0 Å². The summed E-state index contributed by atoms with van der Waals surface area (Å²) < 4.78 is 1.46. The first-order chi connectivity index (χ1) is 9.75. The van der Waals surface area contributed by atoms with Gasteiger partial charge in [-0.1, -0.05) is 60.7 Å². The van der Waals surface area contributed by atoms with Crippen LogP contribution in [0.25, 0.3) is 22.5 Å². The number of nitrogens with zero attached hydrogens (tertiary/aromatic N) is 2. The van der Waals surface area contributed by atoms with E-state index in [9.17, 15) is 0 Å². The van der Waals surface area contributed by atoms with Crippen LogP contribution < -0.4 is 5.73 Å². The van der Waals surface area contributed by atoms with Crippen molar-refractivity contribution in [3.05, 3.63) is 66.7 Å². The Morgan fingerprint density at radius 2 is 1.45 bits per heavy atom. The van der Waals surface area contributed by atoms with Crippen molar-refractivity contribution >= 4 is 5.96 Å². The topological polar surface area (TPSA) is 67.7 Å². The van der Waals surface area contributed by atoms with Crippen molar-refractivity contribution in [1.29, 1.82) is 5.41 Å². The van der Waals surface area contributed by atoms with E-state index >= 15 is 0 Å². The second kappa shape index (κ2) is 5.01. The third-order valence-electron chi connectivity index (χ3n) is 3.08. The summed E-state index contributed by atoms with van der Waals surface area (Å²) in [5, 5.41) is 12.1. The van der Waals surface area contributed by atoms with Gasteiger partial charge in [0.1, 0.15) is 0 Å². The first-order valence-corrected chi connectivity index (χ1v) is 6.31. The van der Waals surface area contributed by atoms with E-state index in [1.54, 1.807) is 0 Å². The summed E-state index contributed by atoms with van der Waals surface area (Å²) in [6.07, 6.45) is 0. The number of hydrogen-bond acceptors (Lipinski definition) is 2. The van der Waals surface area contributed by atoms with Crippen LogP contribution in [0.4, 0.5) is 0 Å². The van der Waals surface area contributed by atoms with Crippen LogP contribution in [0.5, 0.6) is 0 Å². The van der Waals surface area contributed by atoms with Gasteiger partial charge in [0.25, 0.3) is 0 Å². The largest absolute Gasteiger partial charge is 0.368 e. The average molecular weight is 262 g/mol. The quantitative estimate of drug-likeness (QED) is 0.550. The van der Waals surface area contributed by atoms with Crippen molar-refractivity contribution in [3.8, 4) is 22.5 Å². The van der Waals surface area contributed by atoms with Crippen molar-refractivity contribution in [3.63, 3.8) is 0 Å². The van der Waals surface area contributed by atoms with Gasteiger partial charge in [0.2, 0.25) is 5.96 Å². The molecule has 0 unspecified atom stereocenters. The molecule has 3 aromatic rings. The maximum Gasteiger partial charge on any atom is 0.214 e. The molecule has 0 aliphatic heterocycles. The number of nitrogens with one attached hydrogen (secondary N) is 1. The normalized spacial score (nSPS) is 10.4. The first-order valence-electron chi connectivity index (χ1n) is 6.31. The Bertz CT molecular complexity index is 730. The molecule has 4 heteroatoms. The van der Waals surface area contributed by atoms with E-state index in [0.717, 1.165) is 22.5 Å². The Morgan fingerprint density at radius 3 is 2.00 bits per heavy atom. The molecule has 0 atom stereocenters. The molecule has 0 spiro atoms. The van der Waals surface area contributed by atoms with Crippen molar-refractivity contribution in [2.75, 3.05) is 0 Å². The Balaban J connectivity index is 2.15. The summed E-state index contributed by atoms with van der Waals surface area (Å²) in [6, 6.07) is 21.6. The zero-order valence-electron chi connectivity index (χ0n) is 10.8. The Morgan fingerprint density at radius 1 is 0.900 bits per heavy atom. The van der Waals surface area contributed by atoms with Gasteiger partial charge in [0, 0.05) is 11.1 Å². The summed E-state index contributed by atoms with van der Waals surface area (Å²) in [4.78, 5) is 0. The molecular formula is C16H14N4. The lowest BCUT2D eigenvalue weighted by Gasteiger charge is -2.03. The molecule has 98 valence electrons. The molecule has 4 nitrogen and oxygen atoms in total. The second-order valence-corrected chi connectivity index (χ2v) is 4.44. The summed E-state index contributed by atoms with van der Waals surface area (Å²) >= 11 is 0. The van der Waals surface area contributed by atoms with E-state index in [2.05, 4.69) is 5.10 Å². The van der Waals surface area contributed by atoms with Crippen LogP contribution >= 0.6 is 0 Å². The first kappa shape index (κ1) is 12.2. The Hall–Kier alpha value is -2.88. The van der Waals surface area contributed by atoms with Crippen LogP contribution in [0.1, 0.15) is 0 Å². The number of rotatable bonds is 2. The van der Waals surface area contributed by atoms with Gasteiger partial charge in [0.05, 0.1) is 11.4 Å². The molecule has 2 aromatic carbocycles. The maximum absolute atomic E-state index is 7.68. The molecule has 0 aliphatic carbocycles. The van der Waals surface area contributed by atoms with E-state index in [1.807, 2.05) is 66.7 Å². The summed E-state index contributed by atoms with van der Waals surface area (Å²) in [5.74, 6) is -0.0916. The molecule has 0 fully saturated rings. The number of nitrogen functional groups attached to an aromatic ring is 1. The lowest BCUT2D eigenvalue weighted by atomic mass is 10.1. The molecule has 3 rings (SSSR count). The molecule has 1 heterocycles. The van der Waals surface area contributed by atoms with Crippen molar-refractivity contribution < 1.29 is 0 Å². The van der Waals surface area contributed by atoms with Crippen molar-refractivity contribution in [2.24, 2.45) is 5.73 Å². The minimum absolute atomic E-state index is 0.0916. The summed E-state index contributed by atoms with van der Waals surface area (Å²) in [7, 11) is 0. The molecule has 0 radical (unpaired) electrons. The lowest BCUT2D eigenvalue weighted by molar-refractivity contribution is 0.922. The predicted molar refractivity (Wildman–Crippen MR) is 80.4 cm³/mol. The highest BCUT2D eigenvalue weighted by atomic mass is 15.3. The van der Waals surface area contributed by atoms with E-state index < -0.39 is 0 Å². The standard InChI is InChI=1S/C16H14N4/c17-16(18)20-15(13-9-5-2-6-10-13)11-14(19-20)12-7-3-1-4-8-12/h1-11H,(H3,17,18). The third kappa shape index (κ3) is 2.19. The highest BCUT2D eigenvalue weighted by molar-refractivity contribution is 5.84. The van der Waals surface area contributed by atoms with Crippen molar-refractivity contribution in [2.45, 2.75) is 0 Å². The fourth-order valence-corrected chi connectivity index (χ4v) is 2.13. The average Bonchev–Trinajstić information content (AvgIpc) is 2.94. The van der Waals surface area contributed by atoms with E-state index in [1.165, 1.54) is 4.68 Å². The second-order valence-electron chi connectivity index (χ2n) is 4.44. The van der Waals surface area contributed by atoms with Crippen LogP contribution in [0.15, 0.2) is 66.7 Å². The van der Waals surface area contributed by atoms with Crippen LogP contribution in [-0.2, 0) is 0 Å². The lowest BCUT2D eigenvalue weighted by Crippen LogP contribution is -2.22. The van der Waals surface area contributed by atoms with Gasteiger partial charge in [-0.25, -0.2) is 4.68 Å². The zero-order valence-corrected chi connectivity index (χ0v) is 10.8. The Kier molecular flexibility index (Phi) is 3.05. The predicted octanol–water partition coefficient (Wildman–Crippen LogP) is 2.96. The Labute approximate surface area is 117 Å². The van der Waals surface area contributed by atoms with E-state index in [4.69, 9.17) is 11.1 Å². The monoisotopic (exact) mass is 262 g/mol.